The first-order chi connectivity index (χ1) is 12.7. The first-order valence-corrected chi connectivity index (χ1v) is 9.22. The van der Waals surface area contributed by atoms with Gasteiger partial charge in [0.05, 0.1) is 29.0 Å². The quantitative estimate of drug-likeness (QED) is 0.650. The number of anilines is 1. The van der Waals surface area contributed by atoms with Gasteiger partial charge in [-0.3, -0.25) is 14.6 Å². The van der Waals surface area contributed by atoms with Gasteiger partial charge in [-0.05, 0) is 31.4 Å². The summed E-state index contributed by atoms with van der Waals surface area (Å²) in [6.07, 6.45) is 8.18. The van der Waals surface area contributed by atoms with Crippen LogP contribution in [0.3, 0.4) is 0 Å². The molecule has 0 spiro atoms. The van der Waals surface area contributed by atoms with Crippen LogP contribution in [-0.4, -0.2) is 31.0 Å². The van der Waals surface area contributed by atoms with Crippen molar-refractivity contribution in [1.82, 2.24) is 20.0 Å². The molecular formula is C19H23N5O2. The lowest BCUT2D eigenvalue weighted by molar-refractivity contribution is 0.102. The van der Waals surface area contributed by atoms with Gasteiger partial charge in [-0.15, -0.1) is 0 Å². The van der Waals surface area contributed by atoms with Crippen molar-refractivity contribution < 1.29 is 9.90 Å². The lowest BCUT2D eigenvalue weighted by Gasteiger charge is -2.15. The van der Waals surface area contributed by atoms with E-state index in [1.807, 2.05) is 0 Å². The molecule has 1 aromatic carbocycles. The molecular weight excluding hydrogens is 330 g/mol. The Morgan fingerprint density at radius 1 is 1.38 bits per heavy atom. The third kappa shape index (κ3) is 2.94. The monoisotopic (exact) mass is 353 g/mol. The van der Waals surface area contributed by atoms with E-state index in [1.165, 1.54) is 12.8 Å². The van der Waals surface area contributed by atoms with E-state index in [1.54, 1.807) is 24.4 Å². The van der Waals surface area contributed by atoms with Crippen molar-refractivity contribution in [1.29, 1.82) is 0 Å². The summed E-state index contributed by atoms with van der Waals surface area (Å²) in [6.45, 7) is 2.11. The number of phenols is 1. The second-order valence-corrected chi connectivity index (χ2v) is 6.89. The van der Waals surface area contributed by atoms with Crippen LogP contribution < -0.4 is 5.32 Å². The third-order valence-electron chi connectivity index (χ3n) is 5.08. The summed E-state index contributed by atoms with van der Waals surface area (Å²) in [4.78, 5) is 12.9. The molecule has 7 nitrogen and oxygen atoms in total. The highest BCUT2D eigenvalue weighted by Gasteiger charge is 2.24. The number of nitrogens with zero attached hydrogens (tertiary/aromatic N) is 3. The molecule has 0 saturated heterocycles. The van der Waals surface area contributed by atoms with Gasteiger partial charge < -0.3 is 10.4 Å². The molecule has 0 atom stereocenters. The van der Waals surface area contributed by atoms with Crippen molar-refractivity contribution >= 4 is 22.6 Å². The van der Waals surface area contributed by atoms with Gasteiger partial charge in [0.2, 0.25) is 0 Å². The zero-order valence-corrected chi connectivity index (χ0v) is 14.8. The van der Waals surface area contributed by atoms with Gasteiger partial charge in [-0.1, -0.05) is 26.2 Å². The smallest absolute Gasteiger partial charge is 0.260 e. The van der Waals surface area contributed by atoms with E-state index in [9.17, 15) is 9.90 Å². The average molecular weight is 353 g/mol. The molecule has 0 bridgehead atoms. The lowest BCUT2D eigenvalue weighted by Crippen LogP contribution is -2.17. The van der Waals surface area contributed by atoms with Crippen LogP contribution in [0.1, 0.15) is 61.1 Å². The van der Waals surface area contributed by atoms with Crippen molar-refractivity contribution in [3.8, 4) is 5.75 Å². The molecule has 26 heavy (non-hydrogen) atoms. The molecule has 136 valence electrons. The topological polar surface area (TPSA) is 95.8 Å². The molecule has 1 fully saturated rings. The first-order valence-electron chi connectivity index (χ1n) is 9.22. The molecule has 1 saturated carbocycles. The molecule has 3 aromatic rings. The van der Waals surface area contributed by atoms with Crippen LogP contribution in [0.15, 0.2) is 24.4 Å². The lowest BCUT2D eigenvalue weighted by atomic mass is 10.1. The Morgan fingerprint density at radius 2 is 2.19 bits per heavy atom. The van der Waals surface area contributed by atoms with E-state index in [-0.39, 0.29) is 11.7 Å². The number of carbonyl (C=O) groups excluding carboxylic acids is 1. The maximum absolute atomic E-state index is 12.9. The highest BCUT2D eigenvalue weighted by molar-refractivity contribution is 6.08. The average Bonchev–Trinajstić information content (AvgIpc) is 3.34. The summed E-state index contributed by atoms with van der Waals surface area (Å²) in [6, 6.07) is 5.30. The van der Waals surface area contributed by atoms with Crippen LogP contribution in [0.4, 0.5) is 5.82 Å². The molecule has 2 heterocycles. The van der Waals surface area contributed by atoms with E-state index >= 15 is 0 Å². The molecule has 1 aliphatic rings. The minimum Gasteiger partial charge on any atom is -0.508 e. The van der Waals surface area contributed by atoms with E-state index < -0.39 is 0 Å². The van der Waals surface area contributed by atoms with Crippen LogP contribution in [-0.2, 0) is 6.42 Å². The standard InChI is InChI=1S/C19H23N5O2/c1-2-5-17-15(11-20-24(17)12-6-3-4-7-12)19(26)21-18-14-9-8-13(25)10-16(14)22-23-18/h8-12,25H,2-7H2,1H3,(H2,21,22,23,26). The number of fused-ring (bicyclic) bond motifs is 1. The predicted octanol–water partition coefficient (Wildman–Crippen LogP) is 3.78. The molecule has 3 N–H and O–H groups in total. The Morgan fingerprint density at radius 3 is 2.96 bits per heavy atom. The molecule has 0 radical (unpaired) electrons. The van der Waals surface area contributed by atoms with Crippen molar-refractivity contribution in [3.05, 3.63) is 35.7 Å². The fourth-order valence-electron chi connectivity index (χ4n) is 3.80. The molecule has 2 aromatic heterocycles. The van der Waals surface area contributed by atoms with Gasteiger partial charge >= 0.3 is 0 Å². The first kappa shape index (κ1) is 16.6. The number of H-pyrrole nitrogens is 1. The Labute approximate surface area is 151 Å². The molecule has 1 aliphatic carbocycles. The number of hydrogen-bond acceptors (Lipinski definition) is 4. The molecule has 0 unspecified atom stereocenters. The maximum atomic E-state index is 12.9. The SMILES string of the molecule is CCCc1c(C(=O)Nc2n[nH]c3cc(O)ccc23)cnn1C1CCCC1. The fraction of sp³-hybridized carbons (Fsp3) is 0.421. The number of phenolic OH excluding ortho intramolecular Hbond substituents is 1. The summed E-state index contributed by atoms with van der Waals surface area (Å²) in [5.74, 6) is 0.419. The van der Waals surface area contributed by atoms with E-state index in [2.05, 4.69) is 32.2 Å². The Balaban J connectivity index is 1.63. The van der Waals surface area contributed by atoms with Gasteiger partial charge in [0.1, 0.15) is 5.75 Å². The predicted molar refractivity (Wildman–Crippen MR) is 99.4 cm³/mol. The summed E-state index contributed by atoms with van der Waals surface area (Å²) in [5.41, 5.74) is 2.30. The molecule has 7 heteroatoms. The van der Waals surface area contributed by atoms with Gasteiger partial charge in [0.25, 0.3) is 5.91 Å². The van der Waals surface area contributed by atoms with Crippen LogP contribution in [0.25, 0.3) is 10.9 Å². The second kappa shape index (κ2) is 6.82. The minimum absolute atomic E-state index is 0.155. The van der Waals surface area contributed by atoms with E-state index in [0.717, 1.165) is 36.8 Å². The highest BCUT2D eigenvalue weighted by Crippen LogP contribution is 2.31. The van der Waals surface area contributed by atoms with E-state index in [0.29, 0.717) is 22.9 Å². The maximum Gasteiger partial charge on any atom is 0.260 e. The van der Waals surface area contributed by atoms with E-state index in [4.69, 9.17) is 0 Å². The zero-order valence-electron chi connectivity index (χ0n) is 14.8. The Bertz CT molecular complexity index is 937. The molecule has 1 amide bonds. The van der Waals surface area contributed by atoms with Crippen molar-refractivity contribution in [2.45, 2.75) is 51.5 Å². The van der Waals surface area contributed by atoms with Crippen LogP contribution in [0.5, 0.6) is 5.75 Å². The number of aromatic nitrogens is 4. The normalized spacial score (nSPS) is 15.0. The van der Waals surface area contributed by atoms with Gasteiger partial charge in [-0.25, -0.2) is 0 Å². The minimum atomic E-state index is -0.195. The van der Waals surface area contributed by atoms with Crippen LogP contribution in [0, 0.1) is 0 Å². The zero-order chi connectivity index (χ0) is 18.1. The third-order valence-corrected chi connectivity index (χ3v) is 5.08. The van der Waals surface area contributed by atoms with Crippen LogP contribution >= 0.6 is 0 Å². The number of aromatic amines is 1. The number of hydrogen-bond donors (Lipinski definition) is 3. The number of rotatable bonds is 5. The second-order valence-electron chi connectivity index (χ2n) is 6.89. The van der Waals surface area contributed by atoms with Gasteiger partial charge in [-0.2, -0.15) is 10.2 Å². The fourth-order valence-corrected chi connectivity index (χ4v) is 3.80. The van der Waals surface area contributed by atoms with Crippen LogP contribution in [0.2, 0.25) is 0 Å². The number of carbonyl (C=O) groups is 1. The number of amides is 1. The summed E-state index contributed by atoms with van der Waals surface area (Å²) in [7, 11) is 0. The number of benzene rings is 1. The Kier molecular flexibility index (Phi) is 4.36. The summed E-state index contributed by atoms with van der Waals surface area (Å²) in [5, 5.41) is 24.7. The summed E-state index contributed by atoms with van der Waals surface area (Å²) >= 11 is 0. The molecule has 4 rings (SSSR count). The Hall–Kier alpha value is -2.83. The van der Waals surface area contributed by atoms with Crippen molar-refractivity contribution in [3.63, 3.8) is 0 Å². The highest BCUT2D eigenvalue weighted by atomic mass is 16.3. The van der Waals surface area contributed by atoms with Gasteiger partial charge in [0.15, 0.2) is 5.82 Å². The largest absolute Gasteiger partial charge is 0.508 e. The van der Waals surface area contributed by atoms with Gasteiger partial charge in [0, 0.05) is 11.5 Å². The van der Waals surface area contributed by atoms with Crippen molar-refractivity contribution in [2.75, 3.05) is 5.32 Å². The number of nitrogens with one attached hydrogen (secondary N) is 2. The molecule has 0 aliphatic heterocycles. The van der Waals surface area contributed by atoms with Crippen molar-refractivity contribution in [2.24, 2.45) is 0 Å². The summed E-state index contributed by atoms with van der Waals surface area (Å²) < 4.78 is 2.06. The number of aromatic hydroxyl groups is 1.